The van der Waals surface area contributed by atoms with E-state index in [1.807, 2.05) is 0 Å². The molecule has 0 atom stereocenters. The molecular formula is C24H44FeO4P2S4. The Kier molecular flexibility index (Phi) is 17.2. The van der Waals surface area contributed by atoms with Crippen molar-refractivity contribution >= 4 is 59.5 Å². The monoisotopic (exact) mass is 642 g/mol. The Morgan fingerprint density at radius 2 is 0.571 bits per heavy atom. The van der Waals surface area contributed by atoms with Crippen molar-refractivity contribution in [3.05, 3.63) is 0 Å². The van der Waals surface area contributed by atoms with Gasteiger partial charge >= 0.3 is 17.1 Å². The van der Waals surface area contributed by atoms with Gasteiger partial charge in [0, 0.05) is 0 Å². The zero-order valence-electron chi connectivity index (χ0n) is 21.0. The minimum absolute atomic E-state index is 0. The van der Waals surface area contributed by atoms with E-state index >= 15 is 0 Å². The molecule has 0 heterocycles. The maximum atomic E-state index is 5.90. The summed E-state index contributed by atoms with van der Waals surface area (Å²) in [4.78, 5) is 0. The van der Waals surface area contributed by atoms with Crippen LogP contribution in [-0.4, -0.2) is 24.4 Å². The van der Waals surface area contributed by atoms with E-state index in [0.29, 0.717) is 0 Å². The molecule has 0 N–H and O–H groups in total. The van der Waals surface area contributed by atoms with Gasteiger partial charge in [-0.15, -0.1) is 0 Å². The zero-order chi connectivity index (χ0) is 24.3. The Labute approximate surface area is 246 Å². The van der Waals surface area contributed by atoms with Crippen LogP contribution < -0.4 is 0 Å². The fraction of sp³-hybridized carbons (Fsp3) is 1.00. The largest absolute Gasteiger partial charge is 2.00 e. The topological polar surface area (TPSA) is 36.9 Å². The summed E-state index contributed by atoms with van der Waals surface area (Å²) < 4.78 is 23.6. The van der Waals surface area contributed by atoms with Gasteiger partial charge in [-0.1, -0.05) is 101 Å². The molecule has 0 saturated heterocycles. The van der Waals surface area contributed by atoms with E-state index in [1.54, 1.807) is 0 Å². The van der Waals surface area contributed by atoms with Gasteiger partial charge in [0.2, 0.25) is 0 Å². The molecule has 206 valence electrons. The summed E-state index contributed by atoms with van der Waals surface area (Å²) in [5.74, 6) is 0. The molecule has 0 aromatic heterocycles. The van der Waals surface area contributed by atoms with Crippen LogP contribution >= 0.6 is 11.4 Å². The molecule has 0 spiro atoms. The van der Waals surface area contributed by atoms with Crippen molar-refractivity contribution in [1.82, 2.24) is 0 Å². The van der Waals surface area contributed by atoms with Gasteiger partial charge in [0.25, 0.3) is 0 Å². The number of rotatable bonds is 8. The van der Waals surface area contributed by atoms with Gasteiger partial charge in [0.15, 0.2) is 0 Å². The average Bonchev–Trinajstić information content (AvgIpc) is 2.81. The van der Waals surface area contributed by atoms with Crippen LogP contribution in [0, 0.1) is 0 Å². The summed E-state index contributed by atoms with van der Waals surface area (Å²) in [7, 11) is 0. The van der Waals surface area contributed by atoms with E-state index in [9.17, 15) is 0 Å². The van der Waals surface area contributed by atoms with Gasteiger partial charge in [-0.05, 0) is 51.4 Å². The molecule has 4 saturated carbocycles. The Hall–Kier alpha value is 2.36. The average molecular weight is 643 g/mol. The van der Waals surface area contributed by atoms with E-state index in [4.69, 9.17) is 66.2 Å². The first kappa shape index (κ1) is 33.6. The Balaban J connectivity index is 0.000000240. The first-order valence-electron chi connectivity index (χ1n) is 13.7. The molecule has 0 aromatic carbocycles. The minimum Gasteiger partial charge on any atom is -0.691 e. The van der Waals surface area contributed by atoms with Crippen LogP contribution in [-0.2, 0) is 83.3 Å². The number of hydrogen-bond acceptors (Lipinski definition) is 8. The van der Waals surface area contributed by atoms with Crippen molar-refractivity contribution < 1.29 is 35.2 Å². The van der Waals surface area contributed by atoms with Gasteiger partial charge in [-0.25, -0.2) is 0 Å². The maximum absolute atomic E-state index is 5.90. The second-order valence-corrected chi connectivity index (χ2v) is 20.1. The minimum atomic E-state index is -2.41. The normalized spacial score (nSPS) is 24.3. The SMILES string of the molecule is S=P([S-])(OC1CCCCC1)OC1CCCCC1.S=P([S-])(OC1CCCCC1)OC1CCCCC1.[Fe+2]. The fourth-order valence-electron chi connectivity index (χ4n) is 5.46. The zero-order valence-corrected chi connectivity index (χ0v) is 27.1. The molecule has 4 nitrogen and oxygen atoms in total. The van der Waals surface area contributed by atoms with Crippen LogP contribution in [0.4, 0.5) is 0 Å². The smallest absolute Gasteiger partial charge is 0.691 e. The fourth-order valence-corrected chi connectivity index (χ4v) is 10.8. The standard InChI is InChI=1S/2C12H23O2PS2.Fe/c2*16-15(17,13-11-7-3-1-4-8-11)14-12-9-5-2-6-10-12;/h2*11-12H,1-10H2,(H,16,17);/q;;+2/p-2. The molecule has 0 amide bonds. The first-order valence-corrected chi connectivity index (χ1v) is 21.0. The van der Waals surface area contributed by atoms with Crippen molar-refractivity contribution in [3.8, 4) is 0 Å². The third-order valence-electron chi connectivity index (χ3n) is 7.32. The van der Waals surface area contributed by atoms with Crippen LogP contribution in [0.2, 0.25) is 0 Å². The molecule has 0 radical (unpaired) electrons. The van der Waals surface area contributed by atoms with Gasteiger partial charge in [0.05, 0.1) is 35.8 Å². The molecule has 4 aliphatic rings. The molecule has 11 heteroatoms. The first-order chi connectivity index (χ1) is 16.3. The summed E-state index contributed by atoms with van der Waals surface area (Å²) in [5.41, 5.74) is -4.83. The van der Waals surface area contributed by atoms with Crippen LogP contribution in [0.15, 0.2) is 0 Å². The molecule has 4 aliphatic carbocycles. The number of hydrogen-bond donors (Lipinski definition) is 0. The molecule has 0 aliphatic heterocycles. The van der Waals surface area contributed by atoms with Gasteiger partial charge in [-0.2, -0.15) is 0 Å². The predicted molar refractivity (Wildman–Crippen MR) is 155 cm³/mol. The molecule has 0 aromatic rings. The van der Waals surface area contributed by atoms with Crippen molar-refractivity contribution in [1.29, 1.82) is 0 Å². The molecular weight excluding hydrogens is 598 g/mol. The summed E-state index contributed by atoms with van der Waals surface area (Å²) in [6.45, 7) is 0. The van der Waals surface area contributed by atoms with Crippen molar-refractivity contribution in [2.45, 2.75) is 153 Å². The van der Waals surface area contributed by atoms with Crippen LogP contribution in [0.5, 0.6) is 0 Å². The van der Waals surface area contributed by atoms with E-state index in [1.165, 1.54) is 77.0 Å². The molecule has 35 heavy (non-hydrogen) atoms. The van der Waals surface area contributed by atoms with Gasteiger partial charge in [0.1, 0.15) is 0 Å². The summed E-state index contributed by atoms with van der Waals surface area (Å²) >= 11 is 21.5. The third kappa shape index (κ3) is 14.5. The Morgan fingerprint density at radius 3 is 0.743 bits per heavy atom. The van der Waals surface area contributed by atoms with Crippen molar-refractivity contribution in [3.63, 3.8) is 0 Å². The molecule has 0 bridgehead atoms. The Bertz CT molecular complexity index is 562. The summed E-state index contributed by atoms with van der Waals surface area (Å²) in [6, 6.07) is 0. The molecule has 0 unspecified atom stereocenters. The third-order valence-corrected chi connectivity index (χ3v) is 11.6. The van der Waals surface area contributed by atoms with E-state index in [0.717, 1.165) is 51.4 Å². The van der Waals surface area contributed by atoms with Crippen molar-refractivity contribution in [2.75, 3.05) is 0 Å². The second kappa shape index (κ2) is 17.9. The van der Waals surface area contributed by atoms with Crippen LogP contribution in [0.25, 0.3) is 0 Å². The Morgan fingerprint density at radius 1 is 0.400 bits per heavy atom. The predicted octanol–water partition coefficient (Wildman–Crippen LogP) is 8.91. The van der Waals surface area contributed by atoms with Crippen LogP contribution in [0.3, 0.4) is 0 Å². The molecule has 4 rings (SSSR count). The summed E-state index contributed by atoms with van der Waals surface area (Å²) in [6.07, 6.45) is 25.3. The van der Waals surface area contributed by atoms with Gasteiger partial charge in [-0.3, -0.25) is 0 Å². The van der Waals surface area contributed by atoms with Crippen molar-refractivity contribution in [2.24, 2.45) is 0 Å². The van der Waals surface area contributed by atoms with Crippen LogP contribution in [0.1, 0.15) is 128 Å². The van der Waals surface area contributed by atoms with Gasteiger partial charge < -0.3 is 42.6 Å². The van der Waals surface area contributed by atoms with E-state index < -0.39 is 11.4 Å². The van der Waals surface area contributed by atoms with E-state index in [-0.39, 0.29) is 41.5 Å². The second-order valence-electron chi connectivity index (χ2n) is 10.4. The quantitative estimate of drug-likeness (QED) is 0.148. The summed E-state index contributed by atoms with van der Waals surface area (Å²) in [5, 5.41) is 0. The van der Waals surface area contributed by atoms with E-state index in [2.05, 4.69) is 0 Å². The maximum Gasteiger partial charge on any atom is 2.00 e. The molecule has 4 fully saturated rings.